The van der Waals surface area contributed by atoms with E-state index in [2.05, 4.69) is 14.7 Å². The first-order chi connectivity index (χ1) is 19.8. The second-order valence-corrected chi connectivity index (χ2v) is 11.5. The van der Waals surface area contributed by atoms with Gasteiger partial charge in [0.2, 0.25) is 0 Å². The molecule has 6 aromatic rings. The van der Waals surface area contributed by atoms with Crippen molar-refractivity contribution in [2.45, 2.75) is 25.3 Å². The van der Waals surface area contributed by atoms with E-state index >= 15 is 0 Å². The number of H-pyrrole nitrogens is 1. The summed E-state index contributed by atoms with van der Waals surface area (Å²) >= 11 is 6.87. The summed E-state index contributed by atoms with van der Waals surface area (Å²) in [6, 6.07) is 23.9. The number of amides is 1. The summed E-state index contributed by atoms with van der Waals surface area (Å²) < 4.78 is 17.7. The molecule has 1 atom stereocenters. The van der Waals surface area contributed by atoms with Crippen molar-refractivity contribution in [3.63, 3.8) is 0 Å². The van der Waals surface area contributed by atoms with E-state index in [1.807, 2.05) is 73.0 Å². The van der Waals surface area contributed by atoms with E-state index in [-0.39, 0.29) is 17.8 Å². The van der Waals surface area contributed by atoms with E-state index in [0.29, 0.717) is 26.6 Å². The van der Waals surface area contributed by atoms with Gasteiger partial charge in [-0.2, -0.15) is 0 Å². The molecule has 0 unspecified atom stereocenters. The van der Waals surface area contributed by atoms with Crippen LogP contribution in [0.1, 0.15) is 27.2 Å². The van der Waals surface area contributed by atoms with E-state index in [9.17, 15) is 13.8 Å². The zero-order chi connectivity index (χ0) is 28.7. The van der Waals surface area contributed by atoms with E-state index in [4.69, 9.17) is 11.6 Å². The van der Waals surface area contributed by atoms with Gasteiger partial charge in [-0.3, -0.25) is 19.3 Å². The maximum absolute atomic E-state index is 14.1. The van der Waals surface area contributed by atoms with Crippen LogP contribution in [0.25, 0.3) is 32.9 Å². The van der Waals surface area contributed by atoms with Crippen LogP contribution in [-0.2, 0) is 17.5 Å². The van der Waals surface area contributed by atoms with E-state index < -0.39 is 16.9 Å². The maximum Gasteiger partial charge on any atom is 0.280 e. The molecular formula is C32H25ClN4O3S. The van der Waals surface area contributed by atoms with Gasteiger partial charge in [-0.25, -0.2) is 4.21 Å². The predicted octanol–water partition coefficient (Wildman–Crippen LogP) is 6.32. The molecular weight excluding hydrogens is 556 g/mol. The van der Waals surface area contributed by atoms with Crippen LogP contribution in [0.3, 0.4) is 0 Å². The maximum atomic E-state index is 14.1. The molecule has 0 aliphatic rings. The second-order valence-electron chi connectivity index (χ2n) is 9.87. The van der Waals surface area contributed by atoms with Crippen LogP contribution in [0.2, 0.25) is 5.02 Å². The molecule has 3 aromatic heterocycles. The molecule has 7 nitrogen and oxygen atoms in total. The number of hydrogen-bond donors (Lipinski definition) is 2. The SMILES string of the molecule is Cc1ccc([S@](=O)NC(=O)c2c(-c3ccc[nH]c3=O)c3cc(C)ccc3n2Cc2cnc3ccccc3c2Cl)cc1. The topological polar surface area (TPSA) is 96.9 Å². The van der Waals surface area contributed by atoms with Gasteiger partial charge in [-0.15, -0.1) is 0 Å². The molecule has 0 saturated heterocycles. The Kier molecular flexibility index (Phi) is 7.03. The number of nitrogens with zero attached hydrogens (tertiary/aromatic N) is 2. The van der Waals surface area contributed by atoms with Crippen LogP contribution in [0.4, 0.5) is 0 Å². The van der Waals surface area contributed by atoms with Crippen LogP contribution in [0, 0.1) is 13.8 Å². The van der Waals surface area contributed by atoms with Gasteiger partial charge in [0.15, 0.2) is 11.0 Å². The largest absolute Gasteiger partial charge is 0.331 e. The lowest BCUT2D eigenvalue weighted by molar-refractivity contribution is 0.0975. The lowest BCUT2D eigenvalue weighted by atomic mass is 10.0. The summed E-state index contributed by atoms with van der Waals surface area (Å²) in [6.07, 6.45) is 3.24. The summed E-state index contributed by atoms with van der Waals surface area (Å²) in [7, 11) is -1.83. The fraction of sp³-hybridized carbons (Fsp3) is 0.0938. The minimum atomic E-state index is -1.83. The molecule has 0 radical (unpaired) electrons. The van der Waals surface area contributed by atoms with Crippen molar-refractivity contribution >= 4 is 50.3 Å². The number of rotatable bonds is 6. The Bertz CT molecular complexity index is 2050. The number of para-hydroxylation sites is 1. The van der Waals surface area contributed by atoms with Gasteiger partial charge in [0.1, 0.15) is 5.69 Å². The Hall–Kier alpha value is -4.53. The minimum Gasteiger partial charge on any atom is -0.331 e. The Morgan fingerprint density at radius 3 is 2.51 bits per heavy atom. The zero-order valence-electron chi connectivity index (χ0n) is 22.3. The molecule has 6 rings (SSSR count). The van der Waals surface area contributed by atoms with Gasteiger partial charge in [0.25, 0.3) is 11.5 Å². The van der Waals surface area contributed by atoms with Crippen LogP contribution in [0.5, 0.6) is 0 Å². The van der Waals surface area contributed by atoms with Gasteiger partial charge in [-0.05, 0) is 56.3 Å². The molecule has 1 amide bonds. The van der Waals surface area contributed by atoms with Crippen molar-refractivity contribution in [2.75, 3.05) is 0 Å². The van der Waals surface area contributed by atoms with Crippen LogP contribution in [0.15, 0.2) is 101 Å². The van der Waals surface area contributed by atoms with Crippen molar-refractivity contribution in [3.8, 4) is 11.1 Å². The number of aromatic nitrogens is 3. The van der Waals surface area contributed by atoms with Crippen LogP contribution in [-0.4, -0.2) is 24.7 Å². The monoisotopic (exact) mass is 580 g/mol. The van der Waals surface area contributed by atoms with Crippen molar-refractivity contribution in [1.29, 1.82) is 0 Å². The highest BCUT2D eigenvalue weighted by molar-refractivity contribution is 7.83. The van der Waals surface area contributed by atoms with E-state index in [0.717, 1.165) is 32.9 Å². The quantitative estimate of drug-likeness (QED) is 0.241. The number of halogens is 1. The van der Waals surface area contributed by atoms with Crippen molar-refractivity contribution < 1.29 is 9.00 Å². The first-order valence-corrected chi connectivity index (χ1v) is 14.5. The molecule has 0 bridgehead atoms. The third-order valence-corrected chi connectivity index (χ3v) is 8.57. The molecule has 41 heavy (non-hydrogen) atoms. The molecule has 2 N–H and O–H groups in total. The lowest BCUT2D eigenvalue weighted by Gasteiger charge is -2.14. The molecule has 3 heterocycles. The number of nitrogens with one attached hydrogen (secondary N) is 2. The summed E-state index contributed by atoms with van der Waals surface area (Å²) in [5.74, 6) is -0.583. The Balaban J connectivity index is 1.58. The van der Waals surface area contributed by atoms with Gasteiger partial charge in [-0.1, -0.05) is 59.1 Å². The summed E-state index contributed by atoms with van der Waals surface area (Å²) in [5, 5.41) is 2.04. The molecule has 9 heteroatoms. The van der Waals surface area contributed by atoms with Gasteiger partial charge < -0.3 is 9.55 Å². The Labute approximate surface area is 243 Å². The number of benzene rings is 3. The highest BCUT2D eigenvalue weighted by Crippen LogP contribution is 2.36. The summed E-state index contributed by atoms with van der Waals surface area (Å²) in [4.78, 5) is 34.9. The third-order valence-electron chi connectivity index (χ3n) is 7.05. The van der Waals surface area contributed by atoms with Gasteiger partial charge in [0, 0.05) is 45.4 Å². The van der Waals surface area contributed by atoms with Gasteiger partial charge in [0.05, 0.1) is 22.0 Å². The third kappa shape index (κ3) is 4.96. The second kappa shape index (κ2) is 10.8. The molecule has 3 aromatic carbocycles. The predicted molar refractivity (Wildman–Crippen MR) is 164 cm³/mol. The molecule has 0 spiro atoms. The molecule has 0 fully saturated rings. The first-order valence-electron chi connectivity index (χ1n) is 12.9. The number of hydrogen-bond acceptors (Lipinski definition) is 4. The summed E-state index contributed by atoms with van der Waals surface area (Å²) in [5.41, 5.74) is 4.80. The highest BCUT2D eigenvalue weighted by atomic mass is 35.5. The minimum absolute atomic E-state index is 0.195. The number of fused-ring (bicyclic) bond motifs is 2. The molecule has 0 aliphatic carbocycles. The average molecular weight is 581 g/mol. The standard InChI is InChI=1S/C32H25ClN4O3S/c1-19-9-12-22(13-10-19)41(40)36-32(39)30-28(24-7-5-15-34-31(24)38)25-16-20(2)11-14-27(25)37(30)18-21-17-35-26-8-4-3-6-23(26)29(21)33/h3-17H,18H2,1-2H3,(H,34,38)(H,36,39)/t41-/m0/s1. The number of pyridine rings is 2. The lowest BCUT2D eigenvalue weighted by Crippen LogP contribution is -2.29. The molecule has 0 aliphatic heterocycles. The van der Waals surface area contributed by atoms with Crippen LogP contribution < -0.4 is 10.3 Å². The molecule has 204 valence electrons. The van der Waals surface area contributed by atoms with Crippen molar-refractivity contribution in [3.05, 3.63) is 129 Å². The summed E-state index contributed by atoms with van der Waals surface area (Å²) in [6.45, 7) is 4.08. The number of aromatic amines is 1. The smallest absolute Gasteiger partial charge is 0.280 e. The Morgan fingerprint density at radius 2 is 1.73 bits per heavy atom. The van der Waals surface area contributed by atoms with E-state index in [1.54, 1.807) is 36.7 Å². The fourth-order valence-corrected chi connectivity index (χ4v) is 6.08. The molecule has 0 saturated carbocycles. The van der Waals surface area contributed by atoms with Crippen LogP contribution >= 0.6 is 11.6 Å². The van der Waals surface area contributed by atoms with Crippen molar-refractivity contribution in [2.24, 2.45) is 0 Å². The fourth-order valence-electron chi connectivity index (χ4n) is 5.04. The van der Waals surface area contributed by atoms with E-state index in [1.165, 1.54) is 0 Å². The average Bonchev–Trinajstić information content (AvgIpc) is 3.28. The zero-order valence-corrected chi connectivity index (χ0v) is 23.8. The highest BCUT2D eigenvalue weighted by Gasteiger charge is 2.27. The van der Waals surface area contributed by atoms with Crippen molar-refractivity contribution in [1.82, 2.24) is 19.3 Å². The number of carbonyl (C=O) groups excluding carboxylic acids is 1. The first kappa shape index (κ1) is 26.7. The number of aryl methyl sites for hydroxylation is 2. The number of carbonyl (C=O) groups is 1. The normalized spacial score (nSPS) is 12.1. The van der Waals surface area contributed by atoms with Gasteiger partial charge >= 0.3 is 0 Å². The Morgan fingerprint density at radius 1 is 0.976 bits per heavy atom.